The summed E-state index contributed by atoms with van der Waals surface area (Å²) in [5.41, 5.74) is 2.64. The highest BCUT2D eigenvalue weighted by molar-refractivity contribution is 7.21. The van der Waals surface area contributed by atoms with Crippen LogP contribution in [-0.2, 0) is 11.2 Å². The Morgan fingerprint density at radius 3 is 2.77 bits per heavy atom. The van der Waals surface area contributed by atoms with Gasteiger partial charge < -0.3 is 15.2 Å². The average Bonchev–Trinajstić information content (AvgIpc) is 3.59. The number of nitrogens with one attached hydrogen (secondary N) is 1. The molecule has 1 saturated heterocycles. The van der Waals surface area contributed by atoms with Crippen LogP contribution in [0, 0.1) is 0 Å². The molecule has 1 atom stereocenters. The van der Waals surface area contributed by atoms with Crippen molar-refractivity contribution in [2.24, 2.45) is 0 Å². The Bertz CT molecular complexity index is 1360. The first-order chi connectivity index (χ1) is 17.0. The molecule has 1 amide bonds. The monoisotopic (exact) mass is 507 g/mol. The highest BCUT2D eigenvalue weighted by Crippen LogP contribution is 2.34. The SMILES string of the molecule is COc1ccc(-c2csc(NC(=O)CN3CCC[C@@H]3Cc3c(C(=O)O)sc4ccccc34)n2)cc1. The van der Waals surface area contributed by atoms with Gasteiger partial charge in [-0.05, 0) is 67.1 Å². The van der Waals surface area contributed by atoms with E-state index in [4.69, 9.17) is 4.74 Å². The van der Waals surface area contributed by atoms with Crippen LogP contribution in [0.5, 0.6) is 5.75 Å². The molecule has 3 heterocycles. The Kier molecular flexibility index (Phi) is 6.81. The number of aromatic nitrogens is 1. The van der Waals surface area contributed by atoms with Crippen molar-refractivity contribution in [2.75, 3.05) is 25.5 Å². The van der Waals surface area contributed by atoms with Gasteiger partial charge in [0.05, 0.1) is 19.3 Å². The van der Waals surface area contributed by atoms with Gasteiger partial charge in [0.15, 0.2) is 5.13 Å². The summed E-state index contributed by atoms with van der Waals surface area (Å²) < 4.78 is 6.18. The van der Waals surface area contributed by atoms with E-state index in [-0.39, 0.29) is 18.5 Å². The maximum atomic E-state index is 12.8. The van der Waals surface area contributed by atoms with E-state index in [0.29, 0.717) is 16.4 Å². The Labute approximate surface area is 211 Å². The van der Waals surface area contributed by atoms with Crippen LogP contribution in [0.4, 0.5) is 5.13 Å². The molecule has 2 aromatic carbocycles. The van der Waals surface area contributed by atoms with Crippen LogP contribution in [0.15, 0.2) is 53.9 Å². The van der Waals surface area contributed by atoms with Gasteiger partial charge in [-0.15, -0.1) is 22.7 Å². The van der Waals surface area contributed by atoms with E-state index in [0.717, 1.165) is 52.0 Å². The van der Waals surface area contributed by atoms with Crippen LogP contribution in [-0.4, -0.2) is 53.1 Å². The van der Waals surface area contributed by atoms with Crippen molar-refractivity contribution in [3.63, 3.8) is 0 Å². The zero-order chi connectivity index (χ0) is 24.4. The minimum absolute atomic E-state index is 0.110. The first-order valence-corrected chi connectivity index (χ1v) is 13.1. The van der Waals surface area contributed by atoms with Crippen molar-refractivity contribution in [3.05, 3.63) is 64.4 Å². The number of carbonyl (C=O) groups is 2. The molecule has 0 radical (unpaired) electrons. The fourth-order valence-corrected chi connectivity index (χ4v) is 6.42. The molecule has 0 spiro atoms. The number of thiophene rings is 1. The second kappa shape index (κ2) is 10.2. The third kappa shape index (κ3) is 5.07. The van der Waals surface area contributed by atoms with E-state index in [1.165, 1.54) is 22.7 Å². The van der Waals surface area contributed by atoms with E-state index >= 15 is 0 Å². The molecular formula is C26H25N3O4S2. The second-order valence-corrected chi connectivity index (χ2v) is 10.4. The molecule has 0 bridgehead atoms. The van der Waals surface area contributed by atoms with Crippen LogP contribution >= 0.6 is 22.7 Å². The number of likely N-dealkylation sites (tertiary alicyclic amines) is 1. The number of amides is 1. The Hall–Kier alpha value is -3.27. The molecule has 7 nitrogen and oxygen atoms in total. The smallest absolute Gasteiger partial charge is 0.346 e. The standard InChI is InChI=1S/C26H25N3O4S2/c1-33-18-10-8-16(9-11-18)21-15-34-26(27-21)28-23(30)14-29-12-4-5-17(29)13-20-19-6-2-3-7-22(19)35-24(20)25(31)32/h2-3,6-11,15,17H,4-5,12-14H2,1H3,(H,31,32)(H,27,28,30)/t17-/m1/s1. The number of thiazole rings is 1. The molecule has 9 heteroatoms. The topological polar surface area (TPSA) is 91.8 Å². The molecular weight excluding hydrogens is 482 g/mol. The minimum Gasteiger partial charge on any atom is -0.497 e. The molecule has 5 rings (SSSR count). The van der Waals surface area contributed by atoms with Gasteiger partial charge in [-0.25, -0.2) is 9.78 Å². The number of aromatic carboxylic acids is 1. The summed E-state index contributed by atoms with van der Waals surface area (Å²) in [6.45, 7) is 1.07. The third-order valence-electron chi connectivity index (χ3n) is 6.31. The van der Waals surface area contributed by atoms with Crippen LogP contribution < -0.4 is 10.1 Å². The maximum Gasteiger partial charge on any atom is 0.346 e. The number of methoxy groups -OCH3 is 1. The van der Waals surface area contributed by atoms with E-state index < -0.39 is 5.97 Å². The van der Waals surface area contributed by atoms with Gasteiger partial charge in [-0.1, -0.05) is 18.2 Å². The number of benzene rings is 2. The van der Waals surface area contributed by atoms with Crippen LogP contribution in [0.1, 0.15) is 28.1 Å². The summed E-state index contributed by atoms with van der Waals surface area (Å²) in [5.74, 6) is -0.218. The van der Waals surface area contributed by atoms with Crippen LogP contribution in [0.25, 0.3) is 21.3 Å². The molecule has 4 aromatic rings. The lowest BCUT2D eigenvalue weighted by Crippen LogP contribution is -2.38. The average molecular weight is 508 g/mol. The highest BCUT2D eigenvalue weighted by atomic mass is 32.1. The molecule has 1 fully saturated rings. The maximum absolute atomic E-state index is 12.8. The minimum atomic E-state index is -0.889. The predicted molar refractivity (Wildman–Crippen MR) is 140 cm³/mol. The highest BCUT2D eigenvalue weighted by Gasteiger charge is 2.29. The summed E-state index contributed by atoms with van der Waals surface area (Å²) in [5, 5.41) is 16.2. The van der Waals surface area contributed by atoms with Gasteiger partial charge >= 0.3 is 5.97 Å². The third-order valence-corrected chi connectivity index (χ3v) is 8.27. The summed E-state index contributed by atoms with van der Waals surface area (Å²) in [4.78, 5) is 31.8. The van der Waals surface area contributed by atoms with Gasteiger partial charge in [0.1, 0.15) is 10.6 Å². The molecule has 2 aromatic heterocycles. The Morgan fingerprint density at radius 2 is 2.00 bits per heavy atom. The van der Waals surface area contributed by atoms with Crippen LogP contribution in [0.2, 0.25) is 0 Å². The lowest BCUT2D eigenvalue weighted by Gasteiger charge is -2.23. The summed E-state index contributed by atoms with van der Waals surface area (Å²) in [6, 6.07) is 15.6. The van der Waals surface area contributed by atoms with Crippen molar-refractivity contribution in [2.45, 2.75) is 25.3 Å². The fourth-order valence-electron chi connectivity index (χ4n) is 4.61. The first kappa shape index (κ1) is 23.5. The van der Waals surface area contributed by atoms with Crippen LogP contribution in [0.3, 0.4) is 0 Å². The number of rotatable bonds is 8. The summed E-state index contributed by atoms with van der Waals surface area (Å²) in [7, 11) is 1.63. The van der Waals surface area contributed by atoms with Gasteiger partial charge in [0.25, 0.3) is 0 Å². The second-order valence-electron chi connectivity index (χ2n) is 8.50. The predicted octanol–water partition coefficient (Wildman–Crippen LogP) is 5.38. The van der Waals surface area contributed by atoms with E-state index in [1.54, 1.807) is 7.11 Å². The normalized spacial score (nSPS) is 16.0. The molecule has 1 aliphatic heterocycles. The quantitative estimate of drug-likeness (QED) is 0.333. The zero-order valence-corrected chi connectivity index (χ0v) is 20.8. The molecule has 2 N–H and O–H groups in total. The summed E-state index contributed by atoms with van der Waals surface area (Å²) >= 11 is 2.72. The molecule has 35 heavy (non-hydrogen) atoms. The number of hydrogen-bond donors (Lipinski definition) is 2. The Morgan fingerprint density at radius 1 is 1.20 bits per heavy atom. The fraction of sp³-hybridized carbons (Fsp3) is 0.269. The first-order valence-electron chi connectivity index (χ1n) is 11.4. The van der Waals surface area contributed by atoms with Gasteiger partial charge in [0.2, 0.25) is 5.91 Å². The lowest BCUT2D eigenvalue weighted by molar-refractivity contribution is -0.117. The molecule has 180 valence electrons. The van der Waals surface area contributed by atoms with Crippen molar-refractivity contribution < 1.29 is 19.4 Å². The zero-order valence-electron chi connectivity index (χ0n) is 19.2. The largest absolute Gasteiger partial charge is 0.497 e. The van der Waals surface area contributed by atoms with Gasteiger partial charge in [-0.2, -0.15) is 0 Å². The van der Waals surface area contributed by atoms with Crippen molar-refractivity contribution in [3.8, 4) is 17.0 Å². The lowest BCUT2D eigenvalue weighted by atomic mass is 10.0. The molecule has 0 saturated carbocycles. The van der Waals surface area contributed by atoms with Crippen molar-refractivity contribution in [1.29, 1.82) is 0 Å². The molecule has 1 aliphatic rings. The molecule has 0 unspecified atom stereocenters. The van der Waals surface area contributed by atoms with Gasteiger partial charge in [0, 0.05) is 21.7 Å². The van der Waals surface area contributed by atoms with Crippen molar-refractivity contribution >= 4 is 49.8 Å². The van der Waals surface area contributed by atoms with E-state index in [1.807, 2.05) is 53.9 Å². The number of fused-ring (bicyclic) bond motifs is 1. The summed E-state index contributed by atoms with van der Waals surface area (Å²) in [6.07, 6.45) is 2.55. The van der Waals surface area contributed by atoms with E-state index in [9.17, 15) is 14.7 Å². The number of hydrogen-bond acceptors (Lipinski definition) is 7. The van der Waals surface area contributed by atoms with Crippen molar-refractivity contribution in [1.82, 2.24) is 9.88 Å². The number of carboxylic acid groups (broad SMARTS) is 1. The Balaban J connectivity index is 1.25. The molecule has 0 aliphatic carbocycles. The van der Waals surface area contributed by atoms with E-state index in [2.05, 4.69) is 15.2 Å². The number of carboxylic acids is 1. The number of carbonyl (C=O) groups excluding carboxylic acids is 1. The number of nitrogens with zero attached hydrogens (tertiary/aromatic N) is 2. The number of anilines is 1. The van der Waals surface area contributed by atoms with Gasteiger partial charge in [-0.3, -0.25) is 9.69 Å². The number of ether oxygens (including phenoxy) is 1.